The number of pyridine rings is 2. The highest BCUT2D eigenvalue weighted by Gasteiger charge is 2.07. The van der Waals surface area contributed by atoms with Gasteiger partial charge in [0.2, 0.25) is 0 Å². The minimum Gasteiger partial charge on any atom is -0.508 e. The number of aromatic nitrogens is 2. The normalized spacial score (nSPS) is 10.9. The van der Waals surface area contributed by atoms with E-state index in [9.17, 15) is 5.11 Å². The molecule has 1 N–H and O–H groups in total. The van der Waals surface area contributed by atoms with Crippen molar-refractivity contribution in [2.45, 2.75) is 6.42 Å². The largest absolute Gasteiger partial charge is 0.508 e. The van der Waals surface area contributed by atoms with Gasteiger partial charge in [0.15, 0.2) is 11.6 Å². The first-order valence-corrected chi connectivity index (χ1v) is 6.86. The molecule has 0 aliphatic carbocycles. The Labute approximate surface area is 128 Å². The van der Waals surface area contributed by atoms with Gasteiger partial charge in [-0.15, -0.1) is 10.2 Å². The van der Waals surface area contributed by atoms with Crippen LogP contribution in [0.3, 0.4) is 0 Å². The minimum absolute atomic E-state index is 0.263. The lowest BCUT2D eigenvalue weighted by Gasteiger charge is -2.06. The summed E-state index contributed by atoms with van der Waals surface area (Å²) in [5.41, 5.74) is 1.72. The van der Waals surface area contributed by atoms with Crippen molar-refractivity contribution < 1.29 is 5.11 Å². The van der Waals surface area contributed by atoms with Gasteiger partial charge in [-0.1, -0.05) is 30.3 Å². The third-order valence-electron chi connectivity index (χ3n) is 3.14. The van der Waals surface area contributed by atoms with Crippen LogP contribution in [0, 0.1) is 0 Å². The van der Waals surface area contributed by atoms with Crippen molar-refractivity contribution in [3.63, 3.8) is 0 Å². The predicted octanol–water partition coefficient (Wildman–Crippen LogP) is 4.19. The number of nitrogens with zero attached hydrogens (tertiary/aromatic N) is 4. The van der Waals surface area contributed by atoms with Gasteiger partial charge in [-0.2, -0.15) is 0 Å². The molecule has 0 atom stereocenters. The Balaban J connectivity index is 1.87. The molecule has 0 spiro atoms. The van der Waals surface area contributed by atoms with E-state index in [-0.39, 0.29) is 5.75 Å². The van der Waals surface area contributed by atoms with Gasteiger partial charge in [-0.05, 0) is 29.8 Å². The van der Waals surface area contributed by atoms with Gasteiger partial charge in [-0.25, -0.2) is 9.97 Å². The minimum atomic E-state index is 0.263. The molecule has 5 nitrogen and oxygen atoms in total. The molecular formula is C17H14N4O. The maximum atomic E-state index is 9.89. The van der Waals surface area contributed by atoms with Crippen LogP contribution in [0.2, 0.25) is 0 Å². The molecular weight excluding hydrogens is 276 g/mol. The first kappa shape index (κ1) is 13.9. The lowest BCUT2D eigenvalue weighted by molar-refractivity contribution is 0.469. The fraction of sp³-hybridized carbons (Fsp3) is 0.0588. The van der Waals surface area contributed by atoms with E-state index in [0.717, 1.165) is 11.1 Å². The van der Waals surface area contributed by atoms with Crippen molar-refractivity contribution in [1.82, 2.24) is 9.97 Å². The summed E-state index contributed by atoms with van der Waals surface area (Å²) < 4.78 is 0. The summed E-state index contributed by atoms with van der Waals surface area (Å²) in [7, 11) is 0. The molecule has 5 heteroatoms. The lowest BCUT2D eigenvalue weighted by atomic mass is 10.1. The standard InChI is InChI=1S/C17H14N4O/c22-15-8-2-1-6-13(15)12-14-7-5-11-19-17(14)21-20-16-9-3-4-10-18-16/h1-11,22H,12H2. The summed E-state index contributed by atoms with van der Waals surface area (Å²) in [5, 5.41) is 18.1. The van der Waals surface area contributed by atoms with Gasteiger partial charge in [0, 0.05) is 24.4 Å². The maximum absolute atomic E-state index is 9.89. The second-order valence-electron chi connectivity index (χ2n) is 4.68. The van der Waals surface area contributed by atoms with E-state index in [2.05, 4.69) is 20.2 Å². The number of benzene rings is 1. The molecule has 108 valence electrons. The molecule has 3 aromatic rings. The number of aromatic hydroxyl groups is 1. The van der Waals surface area contributed by atoms with Crippen LogP contribution in [0.4, 0.5) is 11.6 Å². The van der Waals surface area contributed by atoms with Gasteiger partial charge in [-0.3, -0.25) is 0 Å². The van der Waals surface area contributed by atoms with Crippen LogP contribution < -0.4 is 0 Å². The first-order chi connectivity index (χ1) is 10.8. The molecule has 0 saturated heterocycles. The fourth-order valence-electron chi connectivity index (χ4n) is 2.04. The first-order valence-electron chi connectivity index (χ1n) is 6.86. The number of hydrogen-bond acceptors (Lipinski definition) is 5. The van der Waals surface area contributed by atoms with E-state index in [1.165, 1.54) is 0 Å². The molecule has 22 heavy (non-hydrogen) atoms. The van der Waals surface area contributed by atoms with Crippen molar-refractivity contribution in [3.8, 4) is 5.75 Å². The molecule has 0 amide bonds. The maximum Gasteiger partial charge on any atom is 0.178 e. The zero-order valence-corrected chi connectivity index (χ0v) is 11.8. The second-order valence-corrected chi connectivity index (χ2v) is 4.68. The van der Waals surface area contributed by atoms with Crippen LogP contribution >= 0.6 is 0 Å². The Hall–Kier alpha value is -3.08. The number of phenols is 1. The summed E-state index contributed by atoms with van der Waals surface area (Å²) in [4.78, 5) is 8.34. The summed E-state index contributed by atoms with van der Waals surface area (Å²) in [6.07, 6.45) is 3.87. The zero-order valence-electron chi connectivity index (χ0n) is 11.8. The van der Waals surface area contributed by atoms with E-state index in [0.29, 0.717) is 18.1 Å². The Bertz CT molecular complexity index is 787. The highest BCUT2D eigenvalue weighted by molar-refractivity contribution is 5.44. The van der Waals surface area contributed by atoms with Crippen LogP contribution in [0.15, 0.2) is 77.2 Å². The Morgan fingerprint density at radius 1 is 0.773 bits per heavy atom. The molecule has 0 aliphatic heterocycles. The van der Waals surface area contributed by atoms with E-state index in [4.69, 9.17) is 0 Å². The van der Waals surface area contributed by atoms with Crippen LogP contribution in [0.1, 0.15) is 11.1 Å². The van der Waals surface area contributed by atoms with E-state index in [1.807, 2.05) is 36.4 Å². The molecule has 0 fully saturated rings. The van der Waals surface area contributed by atoms with Gasteiger partial charge in [0.25, 0.3) is 0 Å². The van der Waals surface area contributed by atoms with Gasteiger partial charge < -0.3 is 5.11 Å². The summed E-state index contributed by atoms with van der Waals surface area (Å²) in [5.74, 6) is 1.32. The molecule has 2 aromatic heterocycles. The predicted molar refractivity (Wildman–Crippen MR) is 83.6 cm³/mol. The van der Waals surface area contributed by atoms with Crippen molar-refractivity contribution >= 4 is 11.6 Å². The molecule has 1 aromatic carbocycles. The number of para-hydroxylation sites is 1. The third kappa shape index (κ3) is 3.32. The second kappa shape index (κ2) is 6.58. The number of rotatable bonds is 4. The fourth-order valence-corrected chi connectivity index (χ4v) is 2.04. The quantitative estimate of drug-likeness (QED) is 0.732. The Kier molecular flexibility index (Phi) is 4.15. The molecule has 0 saturated carbocycles. The average molecular weight is 290 g/mol. The van der Waals surface area contributed by atoms with Crippen molar-refractivity contribution in [2.24, 2.45) is 10.2 Å². The summed E-state index contributed by atoms with van der Waals surface area (Å²) >= 11 is 0. The van der Waals surface area contributed by atoms with Gasteiger partial charge >= 0.3 is 0 Å². The number of azo groups is 1. The van der Waals surface area contributed by atoms with E-state index in [1.54, 1.807) is 30.6 Å². The van der Waals surface area contributed by atoms with Crippen LogP contribution in [0.25, 0.3) is 0 Å². The van der Waals surface area contributed by atoms with E-state index >= 15 is 0 Å². The number of hydrogen-bond donors (Lipinski definition) is 1. The molecule has 0 radical (unpaired) electrons. The van der Waals surface area contributed by atoms with Crippen LogP contribution in [0.5, 0.6) is 5.75 Å². The highest BCUT2D eigenvalue weighted by atomic mass is 16.3. The molecule has 3 rings (SSSR count). The number of phenolic OH excluding ortho intramolecular Hbond substituents is 1. The molecule has 2 heterocycles. The highest BCUT2D eigenvalue weighted by Crippen LogP contribution is 2.25. The average Bonchev–Trinajstić information content (AvgIpc) is 2.57. The molecule has 0 bridgehead atoms. The van der Waals surface area contributed by atoms with E-state index < -0.39 is 0 Å². The smallest absolute Gasteiger partial charge is 0.178 e. The Morgan fingerprint density at radius 2 is 1.55 bits per heavy atom. The zero-order chi connectivity index (χ0) is 15.2. The lowest BCUT2D eigenvalue weighted by Crippen LogP contribution is -1.90. The SMILES string of the molecule is Oc1ccccc1Cc1cccnc1N=Nc1ccccn1. The van der Waals surface area contributed by atoms with Crippen molar-refractivity contribution in [1.29, 1.82) is 0 Å². The van der Waals surface area contributed by atoms with Crippen molar-refractivity contribution in [3.05, 3.63) is 78.1 Å². The van der Waals surface area contributed by atoms with Crippen molar-refractivity contribution in [2.75, 3.05) is 0 Å². The topological polar surface area (TPSA) is 70.7 Å². The van der Waals surface area contributed by atoms with Crippen LogP contribution in [-0.4, -0.2) is 15.1 Å². The summed E-state index contributed by atoms with van der Waals surface area (Å²) in [6.45, 7) is 0. The third-order valence-corrected chi connectivity index (χ3v) is 3.14. The van der Waals surface area contributed by atoms with Gasteiger partial charge in [0.1, 0.15) is 5.75 Å². The molecule has 0 aliphatic rings. The summed E-state index contributed by atoms with van der Waals surface area (Å²) in [6, 6.07) is 16.4. The van der Waals surface area contributed by atoms with Gasteiger partial charge in [0.05, 0.1) is 0 Å². The Morgan fingerprint density at radius 3 is 2.36 bits per heavy atom. The van der Waals surface area contributed by atoms with Crippen LogP contribution in [-0.2, 0) is 6.42 Å². The molecule has 0 unspecified atom stereocenters. The monoisotopic (exact) mass is 290 g/mol.